The second kappa shape index (κ2) is 6.93. The monoisotopic (exact) mass is 386 g/mol. The summed E-state index contributed by atoms with van der Waals surface area (Å²) in [5.41, 5.74) is 1.48. The topological polar surface area (TPSA) is 83.0 Å². The summed E-state index contributed by atoms with van der Waals surface area (Å²) >= 11 is 2.78. The molecule has 0 aliphatic rings. The molecule has 0 radical (unpaired) electrons. The molecule has 4 rings (SSSR count). The number of nitrogens with zero attached hydrogens (tertiary/aromatic N) is 4. The summed E-state index contributed by atoms with van der Waals surface area (Å²) in [6.45, 7) is 0. The first-order valence-corrected chi connectivity index (χ1v) is 9.56. The van der Waals surface area contributed by atoms with Crippen LogP contribution in [0.25, 0.3) is 21.6 Å². The molecule has 3 heterocycles. The molecule has 0 atom stereocenters. The Morgan fingerprint density at radius 1 is 1.31 bits per heavy atom. The van der Waals surface area contributed by atoms with Crippen molar-refractivity contribution in [2.75, 3.05) is 7.11 Å². The molecule has 0 saturated heterocycles. The highest BCUT2D eigenvalue weighted by Crippen LogP contribution is 2.25. The molecule has 0 saturated carbocycles. The van der Waals surface area contributed by atoms with Crippen LogP contribution in [0.3, 0.4) is 0 Å². The van der Waals surface area contributed by atoms with E-state index >= 15 is 0 Å². The number of benzene rings is 1. The van der Waals surface area contributed by atoms with Crippen LogP contribution in [0, 0.1) is 0 Å². The van der Waals surface area contributed by atoms with Crippen molar-refractivity contribution in [1.82, 2.24) is 19.7 Å². The largest absolute Gasteiger partial charge is 0.497 e. The zero-order valence-corrected chi connectivity index (χ0v) is 15.6. The van der Waals surface area contributed by atoms with Gasteiger partial charge in [-0.1, -0.05) is 29.1 Å². The van der Waals surface area contributed by atoms with Crippen LogP contribution in [0.4, 0.5) is 0 Å². The minimum absolute atomic E-state index is 0.0462. The summed E-state index contributed by atoms with van der Waals surface area (Å²) in [5, 5.41) is 6.49. The van der Waals surface area contributed by atoms with E-state index in [4.69, 9.17) is 9.26 Å². The molecule has 4 aromatic rings. The van der Waals surface area contributed by atoms with Gasteiger partial charge in [0.2, 0.25) is 11.7 Å². The summed E-state index contributed by atoms with van der Waals surface area (Å²) in [5.74, 6) is 2.11. The third-order valence-electron chi connectivity index (χ3n) is 3.77. The Kier molecular flexibility index (Phi) is 4.48. The zero-order chi connectivity index (χ0) is 18.1. The molecule has 0 aliphatic carbocycles. The van der Waals surface area contributed by atoms with E-state index < -0.39 is 0 Å². The standard InChI is InChI=1S/C17H14N4O3S2/c1-21-16(22)14-12(6-7-25-14)18-17(21)26-9-13-19-15(20-24-13)10-4-3-5-11(8-10)23-2/h3-8H,9H2,1-2H3. The lowest BCUT2D eigenvalue weighted by molar-refractivity contribution is 0.391. The Bertz CT molecular complexity index is 1130. The van der Waals surface area contributed by atoms with E-state index in [-0.39, 0.29) is 5.56 Å². The predicted molar refractivity (Wildman–Crippen MR) is 101 cm³/mol. The van der Waals surface area contributed by atoms with Gasteiger partial charge in [0.05, 0.1) is 18.4 Å². The van der Waals surface area contributed by atoms with Crippen LogP contribution in [0.5, 0.6) is 5.75 Å². The molecule has 0 fully saturated rings. The smallest absolute Gasteiger partial charge is 0.271 e. The Hall–Kier alpha value is -2.65. The predicted octanol–water partition coefficient (Wildman–Crippen LogP) is 3.35. The first kappa shape index (κ1) is 16.8. The van der Waals surface area contributed by atoms with Crippen LogP contribution < -0.4 is 10.3 Å². The van der Waals surface area contributed by atoms with E-state index in [0.29, 0.717) is 32.8 Å². The summed E-state index contributed by atoms with van der Waals surface area (Å²) < 4.78 is 12.7. The van der Waals surface area contributed by atoms with E-state index in [1.807, 2.05) is 35.7 Å². The van der Waals surface area contributed by atoms with Crippen molar-refractivity contribution in [3.63, 3.8) is 0 Å². The lowest BCUT2D eigenvalue weighted by atomic mass is 10.2. The molecule has 9 heteroatoms. The fraction of sp³-hybridized carbons (Fsp3) is 0.176. The number of thiophene rings is 1. The number of methoxy groups -OCH3 is 1. The van der Waals surface area contributed by atoms with Crippen LogP contribution >= 0.6 is 23.1 Å². The van der Waals surface area contributed by atoms with E-state index in [1.54, 1.807) is 18.7 Å². The van der Waals surface area contributed by atoms with E-state index in [0.717, 1.165) is 11.3 Å². The molecule has 0 N–H and O–H groups in total. The summed E-state index contributed by atoms with van der Waals surface area (Å²) in [6, 6.07) is 9.30. The lowest BCUT2D eigenvalue weighted by Gasteiger charge is -2.05. The Morgan fingerprint density at radius 3 is 3.04 bits per heavy atom. The molecule has 0 unspecified atom stereocenters. The van der Waals surface area contributed by atoms with Crippen LogP contribution in [-0.2, 0) is 12.8 Å². The van der Waals surface area contributed by atoms with Crippen LogP contribution in [0.2, 0.25) is 0 Å². The second-order valence-corrected chi connectivity index (χ2v) is 7.28. The van der Waals surface area contributed by atoms with Gasteiger partial charge in [0.1, 0.15) is 10.4 Å². The van der Waals surface area contributed by atoms with Crippen LogP contribution in [-0.4, -0.2) is 26.8 Å². The number of ether oxygens (including phenoxy) is 1. The average Bonchev–Trinajstić information content (AvgIpc) is 3.33. The Morgan fingerprint density at radius 2 is 2.19 bits per heavy atom. The third kappa shape index (κ3) is 3.11. The van der Waals surface area contributed by atoms with Crippen molar-refractivity contribution in [3.05, 3.63) is 52.0 Å². The average molecular weight is 386 g/mol. The van der Waals surface area contributed by atoms with Crippen LogP contribution in [0.15, 0.2) is 50.2 Å². The minimum atomic E-state index is -0.0462. The van der Waals surface area contributed by atoms with Gasteiger partial charge >= 0.3 is 0 Å². The van der Waals surface area contributed by atoms with Gasteiger partial charge in [-0.2, -0.15) is 4.98 Å². The second-order valence-electron chi connectivity index (χ2n) is 5.43. The third-order valence-corrected chi connectivity index (χ3v) is 5.67. The van der Waals surface area contributed by atoms with Gasteiger partial charge in [-0.3, -0.25) is 9.36 Å². The molecular weight excluding hydrogens is 372 g/mol. The van der Waals surface area contributed by atoms with Crippen molar-refractivity contribution in [2.24, 2.45) is 7.05 Å². The summed E-state index contributed by atoms with van der Waals surface area (Å²) in [4.78, 5) is 21.3. The van der Waals surface area contributed by atoms with Gasteiger partial charge in [-0.05, 0) is 23.6 Å². The van der Waals surface area contributed by atoms with Gasteiger partial charge in [-0.15, -0.1) is 11.3 Å². The summed E-state index contributed by atoms with van der Waals surface area (Å²) in [6.07, 6.45) is 0. The molecule has 3 aromatic heterocycles. The SMILES string of the molecule is COc1cccc(-c2noc(CSc3nc4ccsc4c(=O)n3C)n2)c1. The van der Waals surface area contributed by atoms with Crippen LogP contribution in [0.1, 0.15) is 5.89 Å². The minimum Gasteiger partial charge on any atom is -0.497 e. The fourth-order valence-corrected chi connectivity index (χ4v) is 4.03. The molecule has 1 aromatic carbocycles. The molecule has 0 spiro atoms. The number of hydrogen-bond donors (Lipinski definition) is 0. The number of aromatic nitrogens is 4. The maximum atomic E-state index is 12.3. The molecule has 7 nitrogen and oxygen atoms in total. The van der Waals surface area contributed by atoms with E-state index in [9.17, 15) is 4.79 Å². The fourth-order valence-electron chi connectivity index (χ4n) is 2.42. The van der Waals surface area contributed by atoms with Gasteiger partial charge in [-0.25, -0.2) is 4.98 Å². The van der Waals surface area contributed by atoms with Gasteiger partial charge in [0.15, 0.2) is 5.16 Å². The molecule has 0 aliphatic heterocycles. The maximum absolute atomic E-state index is 12.3. The van der Waals surface area contributed by atoms with Crippen molar-refractivity contribution < 1.29 is 9.26 Å². The Labute approximate surface area is 156 Å². The summed E-state index contributed by atoms with van der Waals surface area (Å²) in [7, 11) is 3.32. The van der Waals surface area contributed by atoms with E-state index in [2.05, 4.69) is 15.1 Å². The highest BCUT2D eigenvalue weighted by atomic mass is 32.2. The molecule has 26 heavy (non-hydrogen) atoms. The first-order chi connectivity index (χ1) is 12.7. The number of hydrogen-bond acceptors (Lipinski definition) is 8. The number of fused-ring (bicyclic) bond motifs is 1. The highest BCUT2D eigenvalue weighted by Gasteiger charge is 2.13. The van der Waals surface area contributed by atoms with Crippen molar-refractivity contribution in [3.8, 4) is 17.1 Å². The van der Waals surface area contributed by atoms with E-state index in [1.165, 1.54) is 23.1 Å². The quantitative estimate of drug-likeness (QED) is 0.384. The van der Waals surface area contributed by atoms with Crippen molar-refractivity contribution in [1.29, 1.82) is 0 Å². The highest BCUT2D eigenvalue weighted by molar-refractivity contribution is 7.98. The molecule has 0 amide bonds. The normalized spacial score (nSPS) is 11.2. The molecular formula is C17H14N4O3S2. The first-order valence-electron chi connectivity index (χ1n) is 7.70. The van der Waals surface area contributed by atoms with Crippen molar-refractivity contribution in [2.45, 2.75) is 10.9 Å². The molecule has 132 valence electrons. The maximum Gasteiger partial charge on any atom is 0.271 e. The lowest BCUT2D eigenvalue weighted by Crippen LogP contribution is -2.18. The number of thioether (sulfide) groups is 1. The Balaban J connectivity index is 1.55. The number of rotatable bonds is 5. The van der Waals surface area contributed by atoms with Gasteiger partial charge in [0.25, 0.3) is 5.56 Å². The van der Waals surface area contributed by atoms with Gasteiger partial charge in [0, 0.05) is 12.6 Å². The van der Waals surface area contributed by atoms with Crippen molar-refractivity contribution >= 4 is 33.3 Å². The van der Waals surface area contributed by atoms with Gasteiger partial charge < -0.3 is 9.26 Å². The zero-order valence-electron chi connectivity index (χ0n) is 14.0. The molecule has 0 bridgehead atoms.